The lowest BCUT2D eigenvalue weighted by Gasteiger charge is -2.12. The van der Waals surface area contributed by atoms with Crippen molar-refractivity contribution in [3.05, 3.63) is 47.7 Å². The SMILES string of the molecule is COc1ccc(CCNC(N)=NCc2ccc(OC3CCCC3)nc2)cc1OC.I. The molecule has 1 aromatic carbocycles. The molecule has 1 aliphatic carbocycles. The van der Waals surface area contributed by atoms with E-state index < -0.39 is 0 Å². The third-order valence-electron chi connectivity index (χ3n) is 4.99. The van der Waals surface area contributed by atoms with E-state index in [1.54, 1.807) is 20.4 Å². The predicted molar refractivity (Wildman–Crippen MR) is 129 cm³/mol. The van der Waals surface area contributed by atoms with Crippen molar-refractivity contribution in [3.63, 3.8) is 0 Å². The molecule has 1 heterocycles. The molecular weight excluding hydrogens is 495 g/mol. The second-order valence-corrected chi connectivity index (χ2v) is 7.10. The number of pyridine rings is 1. The molecule has 3 N–H and O–H groups in total. The van der Waals surface area contributed by atoms with Gasteiger partial charge in [-0.1, -0.05) is 12.1 Å². The van der Waals surface area contributed by atoms with Gasteiger partial charge in [-0.2, -0.15) is 0 Å². The minimum absolute atomic E-state index is 0. The van der Waals surface area contributed by atoms with Gasteiger partial charge in [0, 0.05) is 18.8 Å². The maximum absolute atomic E-state index is 5.98. The largest absolute Gasteiger partial charge is 0.493 e. The van der Waals surface area contributed by atoms with E-state index in [0.717, 1.165) is 41.9 Å². The van der Waals surface area contributed by atoms with Crippen molar-refractivity contribution in [3.8, 4) is 17.4 Å². The van der Waals surface area contributed by atoms with Gasteiger partial charge in [-0.05, 0) is 55.4 Å². The maximum atomic E-state index is 5.98. The fourth-order valence-electron chi connectivity index (χ4n) is 3.35. The zero-order valence-electron chi connectivity index (χ0n) is 17.6. The van der Waals surface area contributed by atoms with Crippen molar-refractivity contribution in [2.45, 2.75) is 44.8 Å². The van der Waals surface area contributed by atoms with Crippen molar-refractivity contribution in [1.82, 2.24) is 10.3 Å². The number of nitrogens with two attached hydrogens (primary N) is 1. The molecule has 0 saturated heterocycles. The van der Waals surface area contributed by atoms with Crippen LogP contribution in [-0.2, 0) is 13.0 Å². The number of aliphatic imine (C=N–C) groups is 1. The third-order valence-corrected chi connectivity index (χ3v) is 4.99. The average Bonchev–Trinajstić information content (AvgIpc) is 3.26. The number of aromatic nitrogens is 1. The van der Waals surface area contributed by atoms with Gasteiger partial charge in [0.1, 0.15) is 6.10 Å². The molecule has 0 amide bonds. The number of nitrogens with zero attached hydrogens (tertiary/aromatic N) is 2. The molecule has 0 bridgehead atoms. The monoisotopic (exact) mass is 526 g/mol. The first-order valence-corrected chi connectivity index (χ1v) is 10.0. The van der Waals surface area contributed by atoms with E-state index >= 15 is 0 Å². The Labute approximate surface area is 195 Å². The van der Waals surface area contributed by atoms with Crippen LogP contribution in [0.5, 0.6) is 17.4 Å². The summed E-state index contributed by atoms with van der Waals surface area (Å²) in [5, 5.41) is 3.14. The molecule has 7 nitrogen and oxygen atoms in total. The number of hydrogen-bond acceptors (Lipinski definition) is 5. The summed E-state index contributed by atoms with van der Waals surface area (Å²) in [6, 6.07) is 9.77. The highest BCUT2D eigenvalue weighted by Crippen LogP contribution is 2.27. The number of methoxy groups -OCH3 is 2. The van der Waals surface area contributed by atoms with Crippen molar-refractivity contribution in [2.24, 2.45) is 10.7 Å². The van der Waals surface area contributed by atoms with Crippen molar-refractivity contribution in [1.29, 1.82) is 0 Å². The fourth-order valence-corrected chi connectivity index (χ4v) is 3.35. The lowest BCUT2D eigenvalue weighted by Crippen LogP contribution is -2.33. The molecule has 0 radical (unpaired) electrons. The average molecular weight is 526 g/mol. The van der Waals surface area contributed by atoms with Gasteiger partial charge < -0.3 is 25.3 Å². The van der Waals surface area contributed by atoms with Crippen LogP contribution in [0, 0.1) is 0 Å². The van der Waals surface area contributed by atoms with E-state index in [-0.39, 0.29) is 24.0 Å². The summed E-state index contributed by atoms with van der Waals surface area (Å²) in [6.45, 7) is 1.16. The first kappa shape index (κ1) is 24.0. The number of ether oxygens (including phenoxy) is 3. The summed E-state index contributed by atoms with van der Waals surface area (Å²) in [7, 11) is 3.26. The highest BCUT2D eigenvalue weighted by Gasteiger charge is 2.16. The molecule has 1 aliphatic rings. The number of guanidine groups is 1. The standard InChI is InChI=1S/C22H30N4O3.HI/c1-27-19-9-7-16(13-20(19)28-2)11-12-24-22(23)26-15-17-8-10-21(25-14-17)29-18-5-3-4-6-18;/h7-10,13-14,18H,3-6,11-12,15H2,1-2H3,(H3,23,24,26);1H. The van der Waals surface area contributed by atoms with E-state index in [1.165, 1.54) is 12.8 Å². The number of nitrogens with one attached hydrogen (secondary N) is 1. The van der Waals surface area contributed by atoms with Gasteiger partial charge in [0.05, 0.1) is 20.8 Å². The molecule has 0 spiro atoms. The lowest BCUT2D eigenvalue weighted by atomic mass is 10.1. The van der Waals surface area contributed by atoms with Crippen molar-refractivity contribution < 1.29 is 14.2 Å². The van der Waals surface area contributed by atoms with Crippen molar-refractivity contribution >= 4 is 29.9 Å². The number of benzene rings is 1. The molecule has 164 valence electrons. The molecule has 1 aromatic heterocycles. The summed E-state index contributed by atoms with van der Waals surface area (Å²) in [6.07, 6.45) is 7.65. The molecule has 0 atom stereocenters. The quantitative estimate of drug-likeness (QED) is 0.294. The molecule has 3 rings (SSSR count). The smallest absolute Gasteiger partial charge is 0.213 e. The Morgan fingerprint density at radius 1 is 1.10 bits per heavy atom. The number of hydrogen-bond donors (Lipinski definition) is 2. The lowest BCUT2D eigenvalue weighted by molar-refractivity contribution is 0.201. The predicted octanol–water partition coefficient (Wildman–Crippen LogP) is 3.69. The summed E-state index contributed by atoms with van der Waals surface area (Å²) in [5.41, 5.74) is 8.10. The summed E-state index contributed by atoms with van der Waals surface area (Å²) < 4.78 is 16.5. The van der Waals surface area contributed by atoms with Crippen LogP contribution in [0.25, 0.3) is 0 Å². The zero-order chi connectivity index (χ0) is 20.5. The summed E-state index contributed by atoms with van der Waals surface area (Å²) in [4.78, 5) is 8.76. The second-order valence-electron chi connectivity index (χ2n) is 7.10. The molecule has 2 aromatic rings. The summed E-state index contributed by atoms with van der Waals surface area (Å²) in [5.74, 6) is 2.54. The van der Waals surface area contributed by atoms with E-state index in [4.69, 9.17) is 19.9 Å². The normalized spacial score (nSPS) is 14.1. The van der Waals surface area contributed by atoms with Crippen LogP contribution in [0.1, 0.15) is 36.8 Å². The second kappa shape index (κ2) is 12.5. The zero-order valence-corrected chi connectivity index (χ0v) is 19.9. The Morgan fingerprint density at radius 3 is 2.50 bits per heavy atom. The van der Waals surface area contributed by atoms with Crippen LogP contribution >= 0.6 is 24.0 Å². The van der Waals surface area contributed by atoms with Gasteiger partial charge >= 0.3 is 0 Å². The van der Waals surface area contributed by atoms with Gasteiger partial charge in [-0.25, -0.2) is 9.98 Å². The molecule has 0 unspecified atom stereocenters. The van der Waals surface area contributed by atoms with Gasteiger partial charge in [-0.15, -0.1) is 24.0 Å². The summed E-state index contributed by atoms with van der Waals surface area (Å²) >= 11 is 0. The molecule has 8 heteroatoms. The maximum Gasteiger partial charge on any atom is 0.213 e. The van der Waals surface area contributed by atoms with Gasteiger partial charge in [-0.3, -0.25) is 0 Å². The minimum Gasteiger partial charge on any atom is -0.493 e. The first-order chi connectivity index (χ1) is 14.2. The molecule has 0 aliphatic heterocycles. The Balaban J connectivity index is 0.00000320. The fraction of sp³-hybridized carbons (Fsp3) is 0.455. The van der Waals surface area contributed by atoms with Crippen LogP contribution in [0.3, 0.4) is 0 Å². The van der Waals surface area contributed by atoms with Crippen LogP contribution in [0.4, 0.5) is 0 Å². The minimum atomic E-state index is 0. The van der Waals surface area contributed by atoms with Crippen molar-refractivity contribution in [2.75, 3.05) is 20.8 Å². The highest BCUT2D eigenvalue weighted by atomic mass is 127. The molecule has 1 saturated carbocycles. The highest BCUT2D eigenvalue weighted by molar-refractivity contribution is 14.0. The topological polar surface area (TPSA) is 91.0 Å². The van der Waals surface area contributed by atoms with Crippen LogP contribution in [0.15, 0.2) is 41.5 Å². The van der Waals surface area contributed by atoms with Gasteiger partial charge in [0.2, 0.25) is 5.88 Å². The Hall–Kier alpha value is -2.23. The van der Waals surface area contributed by atoms with Crippen LogP contribution < -0.4 is 25.3 Å². The van der Waals surface area contributed by atoms with E-state index in [9.17, 15) is 0 Å². The third kappa shape index (κ3) is 7.23. The van der Waals surface area contributed by atoms with E-state index in [0.29, 0.717) is 31.0 Å². The van der Waals surface area contributed by atoms with Gasteiger partial charge in [0.15, 0.2) is 17.5 Å². The number of halogens is 1. The van der Waals surface area contributed by atoms with E-state index in [2.05, 4.69) is 15.3 Å². The van der Waals surface area contributed by atoms with Crippen LogP contribution in [-0.4, -0.2) is 37.8 Å². The van der Waals surface area contributed by atoms with E-state index in [1.807, 2.05) is 30.3 Å². The first-order valence-electron chi connectivity index (χ1n) is 10.0. The molecular formula is C22H31IN4O3. The Morgan fingerprint density at radius 2 is 1.83 bits per heavy atom. The van der Waals surface area contributed by atoms with Gasteiger partial charge in [0.25, 0.3) is 0 Å². The number of rotatable bonds is 9. The Kier molecular flexibility index (Phi) is 9.99. The molecule has 1 fully saturated rings. The molecule has 30 heavy (non-hydrogen) atoms. The Bertz CT molecular complexity index is 809. The van der Waals surface area contributed by atoms with Crippen LogP contribution in [0.2, 0.25) is 0 Å².